The van der Waals surface area contributed by atoms with Gasteiger partial charge in [0.1, 0.15) is 11.9 Å². The maximum Gasteiger partial charge on any atom is 0.410 e. The number of methoxy groups -OCH3 is 1. The van der Waals surface area contributed by atoms with E-state index >= 15 is 0 Å². The van der Waals surface area contributed by atoms with Gasteiger partial charge in [-0.05, 0) is 31.0 Å². The van der Waals surface area contributed by atoms with Crippen LogP contribution in [0, 0.1) is 5.82 Å². The van der Waals surface area contributed by atoms with E-state index in [1.165, 1.54) is 30.2 Å². The van der Waals surface area contributed by atoms with Crippen molar-refractivity contribution in [3.05, 3.63) is 30.1 Å². The van der Waals surface area contributed by atoms with Gasteiger partial charge in [-0.25, -0.2) is 9.18 Å². The molecule has 0 radical (unpaired) electrons. The molecule has 1 saturated heterocycles. The first-order valence-corrected chi connectivity index (χ1v) is 6.28. The molecule has 1 unspecified atom stereocenters. The van der Waals surface area contributed by atoms with Crippen LogP contribution in [0.4, 0.5) is 14.9 Å². The summed E-state index contributed by atoms with van der Waals surface area (Å²) in [6, 6.07) is 5.15. The fraction of sp³-hybridized carbons (Fsp3) is 0.385. The number of carbonyl (C=O) groups is 2. The van der Waals surface area contributed by atoms with Crippen LogP contribution in [0.15, 0.2) is 24.3 Å². The van der Waals surface area contributed by atoms with Crippen molar-refractivity contribution in [1.82, 2.24) is 10.3 Å². The molecule has 1 aliphatic rings. The molecule has 0 bridgehead atoms. The quantitative estimate of drug-likeness (QED) is 0.824. The number of nitrogens with one attached hydrogen (secondary N) is 2. The van der Waals surface area contributed by atoms with E-state index in [0.717, 1.165) is 6.42 Å². The van der Waals surface area contributed by atoms with Gasteiger partial charge in [0.05, 0.1) is 12.8 Å². The van der Waals surface area contributed by atoms with Crippen molar-refractivity contribution >= 4 is 17.7 Å². The van der Waals surface area contributed by atoms with Crippen LogP contribution in [-0.4, -0.2) is 36.6 Å². The minimum absolute atomic E-state index is 0.350. The van der Waals surface area contributed by atoms with Crippen LogP contribution in [0.25, 0.3) is 0 Å². The van der Waals surface area contributed by atoms with Gasteiger partial charge in [0.25, 0.3) is 5.91 Å². The lowest BCUT2D eigenvalue weighted by atomic mass is 10.2. The van der Waals surface area contributed by atoms with Gasteiger partial charge in [-0.1, -0.05) is 6.07 Å². The predicted molar refractivity (Wildman–Crippen MR) is 70.3 cm³/mol. The average Bonchev–Trinajstić information content (AvgIpc) is 2.93. The second-order valence-corrected chi connectivity index (χ2v) is 4.45. The number of anilines is 1. The lowest BCUT2D eigenvalue weighted by Crippen LogP contribution is -2.47. The summed E-state index contributed by atoms with van der Waals surface area (Å²) in [5, 5.41) is 0. The fourth-order valence-corrected chi connectivity index (χ4v) is 2.16. The van der Waals surface area contributed by atoms with Crippen molar-refractivity contribution in [2.24, 2.45) is 0 Å². The fourth-order valence-electron chi connectivity index (χ4n) is 2.16. The minimum Gasteiger partial charge on any atom is -0.453 e. The Kier molecular flexibility index (Phi) is 4.39. The summed E-state index contributed by atoms with van der Waals surface area (Å²) < 4.78 is 17.6. The normalized spacial score (nSPS) is 17.7. The van der Waals surface area contributed by atoms with Crippen LogP contribution in [0.1, 0.15) is 12.8 Å². The third-order valence-electron chi connectivity index (χ3n) is 3.12. The monoisotopic (exact) mass is 281 g/mol. The van der Waals surface area contributed by atoms with Gasteiger partial charge in [-0.3, -0.25) is 20.5 Å². The highest BCUT2D eigenvalue weighted by atomic mass is 19.1. The third kappa shape index (κ3) is 3.17. The average molecular weight is 281 g/mol. The number of ether oxygens (including phenoxy) is 1. The molecule has 2 amide bonds. The summed E-state index contributed by atoms with van der Waals surface area (Å²) in [6.07, 6.45) is 0.798. The molecule has 1 fully saturated rings. The molecule has 7 heteroatoms. The molecule has 2 rings (SSSR count). The second kappa shape index (κ2) is 6.23. The maximum absolute atomic E-state index is 13.0. The Morgan fingerprint density at radius 3 is 2.95 bits per heavy atom. The summed E-state index contributed by atoms with van der Waals surface area (Å²) in [5.41, 5.74) is 5.52. The SMILES string of the molecule is COC(=O)N1CCCC1C(=O)NNc1cccc(F)c1. The number of likely N-dealkylation sites (tertiary alicyclic amines) is 1. The molecule has 6 nitrogen and oxygen atoms in total. The minimum atomic E-state index is -0.566. The van der Waals surface area contributed by atoms with Gasteiger partial charge in [-0.2, -0.15) is 0 Å². The second-order valence-electron chi connectivity index (χ2n) is 4.45. The highest BCUT2D eigenvalue weighted by molar-refractivity contribution is 5.86. The van der Waals surface area contributed by atoms with E-state index in [1.54, 1.807) is 6.07 Å². The number of hydrogen-bond acceptors (Lipinski definition) is 4. The predicted octanol–water partition coefficient (Wildman–Crippen LogP) is 1.50. The lowest BCUT2D eigenvalue weighted by molar-refractivity contribution is -0.124. The molecule has 1 heterocycles. The standard InChI is InChI=1S/C13H16FN3O3/c1-20-13(19)17-7-3-6-11(17)12(18)16-15-10-5-2-4-9(14)8-10/h2,4-5,8,11,15H,3,6-7H2,1H3,(H,16,18). The zero-order valence-corrected chi connectivity index (χ0v) is 11.1. The van der Waals surface area contributed by atoms with Crippen LogP contribution in [-0.2, 0) is 9.53 Å². The zero-order chi connectivity index (χ0) is 14.5. The highest BCUT2D eigenvalue weighted by Gasteiger charge is 2.34. The molecular formula is C13H16FN3O3. The Bertz CT molecular complexity index is 509. The Morgan fingerprint density at radius 1 is 1.45 bits per heavy atom. The van der Waals surface area contributed by atoms with Crippen LogP contribution in [0.3, 0.4) is 0 Å². The number of nitrogens with zero attached hydrogens (tertiary/aromatic N) is 1. The van der Waals surface area contributed by atoms with Gasteiger partial charge >= 0.3 is 6.09 Å². The first-order valence-electron chi connectivity index (χ1n) is 6.28. The first kappa shape index (κ1) is 14.1. The Labute approximate surface area is 115 Å². The molecule has 0 saturated carbocycles. The molecule has 1 aromatic carbocycles. The number of rotatable bonds is 3. The number of hydrazine groups is 1. The van der Waals surface area contributed by atoms with E-state index in [2.05, 4.69) is 15.6 Å². The topological polar surface area (TPSA) is 70.7 Å². The summed E-state index contributed by atoms with van der Waals surface area (Å²) in [4.78, 5) is 24.9. The van der Waals surface area contributed by atoms with Crippen molar-refractivity contribution < 1.29 is 18.7 Å². The number of hydrogen-bond donors (Lipinski definition) is 2. The third-order valence-corrected chi connectivity index (χ3v) is 3.12. The smallest absolute Gasteiger partial charge is 0.410 e. The summed E-state index contributed by atoms with van der Waals surface area (Å²) >= 11 is 0. The molecule has 0 aliphatic carbocycles. The van der Waals surface area contributed by atoms with Gasteiger partial charge in [-0.15, -0.1) is 0 Å². The number of benzene rings is 1. The Hall–Kier alpha value is -2.31. The van der Waals surface area contributed by atoms with Gasteiger partial charge in [0.15, 0.2) is 0 Å². The lowest BCUT2D eigenvalue weighted by Gasteiger charge is -2.22. The summed E-state index contributed by atoms with van der Waals surface area (Å²) in [6.45, 7) is 0.491. The van der Waals surface area contributed by atoms with E-state index in [1.807, 2.05) is 0 Å². The molecule has 108 valence electrons. The molecule has 1 aromatic rings. The molecule has 0 spiro atoms. The first-order chi connectivity index (χ1) is 9.61. The summed E-state index contributed by atoms with van der Waals surface area (Å²) in [5.74, 6) is -0.751. The largest absolute Gasteiger partial charge is 0.453 e. The number of halogens is 1. The Morgan fingerprint density at radius 2 is 2.25 bits per heavy atom. The number of amides is 2. The van der Waals surface area contributed by atoms with Crippen LogP contribution in [0.2, 0.25) is 0 Å². The van der Waals surface area contributed by atoms with Crippen LogP contribution >= 0.6 is 0 Å². The van der Waals surface area contributed by atoms with Gasteiger partial charge < -0.3 is 4.74 Å². The molecule has 0 aromatic heterocycles. The van der Waals surface area contributed by atoms with Crippen molar-refractivity contribution in [2.75, 3.05) is 19.1 Å². The zero-order valence-electron chi connectivity index (χ0n) is 11.1. The highest BCUT2D eigenvalue weighted by Crippen LogP contribution is 2.18. The summed E-state index contributed by atoms with van der Waals surface area (Å²) in [7, 11) is 1.28. The Balaban J connectivity index is 1.93. The van der Waals surface area contributed by atoms with Crippen molar-refractivity contribution in [3.63, 3.8) is 0 Å². The van der Waals surface area contributed by atoms with E-state index in [-0.39, 0.29) is 5.91 Å². The molecule has 2 N–H and O–H groups in total. The van der Waals surface area contributed by atoms with E-state index in [0.29, 0.717) is 18.7 Å². The van der Waals surface area contributed by atoms with E-state index in [9.17, 15) is 14.0 Å². The van der Waals surface area contributed by atoms with E-state index in [4.69, 9.17) is 0 Å². The molecular weight excluding hydrogens is 265 g/mol. The van der Waals surface area contributed by atoms with Gasteiger partial charge in [0, 0.05) is 6.54 Å². The van der Waals surface area contributed by atoms with Crippen molar-refractivity contribution in [2.45, 2.75) is 18.9 Å². The van der Waals surface area contributed by atoms with Gasteiger partial charge in [0.2, 0.25) is 0 Å². The molecule has 1 atom stereocenters. The maximum atomic E-state index is 13.0. The van der Waals surface area contributed by atoms with E-state index < -0.39 is 18.0 Å². The van der Waals surface area contributed by atoms with Crippen molar-refractivity contribution in [1.29, 1.82) is 0 Å². The molecule has 1 aliphatic heterocycles. The van der Waals surface area contributed by atoms with Crippen LogP contribution < -0.4 is 10.9 Å². The van der Waals surface area contributed by atoms with Crippen LogP contribution in [0.5, 0.6) is 0 Å². The van der Waals surface area contributed by atoms with Crippen molar-refractivity contribution in [3.8, 4) is 0 Å². The number of carbonyl (C=O) groups excluding carboxylic acids is 2. The molecule has 20 heavy (non-hydrogen) atoms.